The van der Waals surface area contributed by atoms with Gasteiger partial charge in [-0.25, -0.2) is 14.6 Å². The monoisotopic (exact) mass is 436 g/mol. The van der Waals surface area contributed by atoms with E-state index in [-0.39, 0.29) is 5.91 Å². The van der Waals surface area contributed by atoms with E-state index in [1.807, 2.05) is 56.0 Å². The van der Waals surface area contributed by atoms with Crippen molar-refractivity contribution in [2.24, 2.45) is 0 Å². The summed E-state index contributed by atoms with van der Waals surface area (Å²) in [6, 6.07) is 10.0. The highest BCUT2D eigenvalue weighted by Crippen LogP contribution is 2.25. The maximum Gasteiger partial charge on any atom is 0.276 e. The van der Waals surface area contributed by atoms with E-state index in [1.54, 1.807) is 4.68 Å². The van der Waals surface area contributed by atoms with Gasteiger partial charge in [-0.15, -0.1) is 5.10 Å². The number of rotatable bonds is 5. The molecule has 0 aliphatic carbocycles. The van der Waals surface area contributed by atoms with Crippen molar-refractivity contribution in [3.05, 3.63) is 58.7 Å². The molecule has 0 saturated carbocycles. The maximum atomic E-state index is 13.4. The molecular weight excluding hydrogens is 408 g/mol. The molecule has 1 saturated heterocycles. The third-order valence-corrected chi connectivity index (χ3v) is 6.30. The number of benzene rings is 1. The third kappa shape index (κ3) is 5.12. The Kier molecular flexibility index (Phi) is 6.65. The minimum Gasteiger partial charge on any atom is -0.337 e. The van der Waals surface area contributed by atoms with Crippen LogP contribution >= 0.6 is 11.8 Å². The minimum atomic E-state index is -0.0304. The molecule has 8 heteroatoms. The van der Waals surface area contributed by atoms with Crippen molar-refractivity contribution in [1.29, 1.82) is 0 Å². The van der Waals surface area contributed by atoms with Crippen molar-refractivity contribution < 1.29 is 4.79 Å². The Balaban J connectivity index is 1.67. The van der Waals surface area contributed by atoms with Gasteiger partial charge in [-0.05, 0) is 51.8 Å². The molecule has 0 unspecified atom stereocenters. The third-order valence-electron chi connectivity index (χ3n) is 5.44. The first-order chi connectivity index (χ1) is 15.0. The second-order valence-corrected chi connectivity index (χ2v) is 9.00. The van der Waals surface area contributed by atoms with Crippen LogP contribution in [0.15, 0.2) is 35.5 Å². The fourth-order valence-corrected chi connectivity index (χ4v) is 4.75. The second-order valence-electron chi connectivity index (χ2n) is 8.06. The molecule has 0 spiro atoms. The van der Waals surface area contributed by atoms with E-state index in [4.69, 9.17) is 0 Å². The fourth-order valence-electron chi connectivity index (χ4n) is 3.81. The Labute approximate surface area is 187 Å². The quantitative estimate of drug-likeness (QED) is 0.439. The summed E-state index contributed by atoms with van der Waals surface area (Å²) in [5, 5.41) is 9.40. The van der Waals surface area contributed by atoms with Crippen LogP contribution < -0.4 is 0 Å². The normalized spacial score (nSPS) is 14.5. The van der Waals surface area contributed by atoms with Gasteiger partial charge < -0.3 is 4.90 Å². The van der Waals surface area contributed by atoms with Crippen molar-refractivity contribution in [2.75, 3.05) is 13.1 Å². The molecule has 1 aliphatic heterocycles. The Morgan fingerprint density at radius 3 is 2.26 bits per heavy atom. The summed E-state index contributed by atoms with van der Waals surface area (Å²) in [5.74, 6) is 0.482. The van der Waals surface area contributed by atoms with Gasteiger partial charge in [0.1, 0.15) is 0 Å². The molecule has 4 rings (SSSR count). The molecule has 0 radical (unpaired) electrons. The van der Waals surface area contributed by atoms with Gasteiger partial charge in [0.2, 0.25) is 0 Å². The molecule has 162 valence electrons. The Hall–Kier alpha value is -2.74. The number of hydrogen-bond acceptors (Lipinski definition) is 6. The number of aryl methyl sites for hydroxylation is 3. The topological polar surface area (TPSA) is 76.8 Å². The lowest BCUT2D eigenvalue weighted by molar-refractivity contribution is 0.0755. The van der Waals surface area contributed by atoms with Gasteiger partial charge in [-0.1, -0.05) is 47.5 Å². The number of thioether (sulfide) groups is 1. The molecular formula is C23H28N6OS. The smallest absolute Gasteiger partial charge is 0.276 e. The van der Waals surface area contributed by atoms with Crippen LogP contribution in [0.3, 0.4) is 0 Å². The van der Waals surface area contributed by atoms with E-state index in [0.717, 1.165) is 48.7 Å². The number of carbonyl (C=O) groups excluding carboxylic acids is 1. The summed E-state index contributed by atoms with van der Waals surface area (Å²) < 4.78 is 1.78. The summed E-state index contributed by atoms with van der Waals surface area (Å²) in [7, 11) is 0. The summed E-state index contributed by atoms with van der Waals surface area (Å²) >= 11 is 1.51. The average molecular weight is 437 g/mol. The zero-order chi connectivity index (χ0) is 21.8. The molecule has 2 aromatic heterocycles. The lowest BCUT2D eigenvalue weighted by Crippen LogP contribution is -2.32. The second kappa shape index (κ2) is 9.60. The van der Waals surface area contributed by atoms with Crippen LogP contribution in [0.5, 0.6) is 0 Å². The molecule has 31 heavy (non-hydrogen) atoms. The van der Waals surface area contributed by atoms with Crippen molar-refractivity contribution in [1.82, 2.24) is 29.9 Å². The predicted octanol–water partition coefficient (Wildman–Crippen LogP) is 4.29. The summed E-state index contributed by atoms with van der Waals surface area (Å²) in [6.07, 6.45) is 4.43. The van der Waals surface area contributed by atoms with Crippen LogP contribution in [0, 0.1) is 20.8 Å². The molecule has 0 atom stereocenters. The number of likely N-dealkylation sites (tertiary alicyclic amines) is 1. The first-order valence-electron chi connectivity index (χ1n) is 10.8. The first-order valence-corrected chi connectivity index (χ1v) is 11.8. The SMILES string of the molecule is Cc1ccc(-n2nnc(C(=O)N3CCCCCC3)c2CSc2nc(C)cc(C)n2)cc1. The minimum absolute atomic E-state index is 0.0304. The zero-order valence-corrected chi connectivity index (χ0v) is 19.2. The number of amides is 1. The van der Waals surface area contributed by atoms with Crippen molar-refractivity contribution >= 4 is 17.7 Å². The van der Waals surface area contributed by atoms with Gasteiger partial charge >= 0.3 is 0 Å². The number of nitrogens with zero attached hydrogens (tertiary/aromatic N) is 6. The van der Waals surface area contributed by atoms with E-state index in [0.29, 0.717) is 16.6 Å². The number of carbonyl (C=O) groups is 1. The molecule has 0 N–H and O–H groups in total. The summed E-state index contributed by atoms with van der Waals surface area (Å²) in [4.78, 5) is 24.4. The van der Waals surface area contributed by atoms with Crippen LogP contribution in [0.25, 0.3) is 5.69 Å². The summed E-state index contributed by atoms with van der Waals surface area (Å²) in [6.45, 7) is 7.54. The molecule has 3 aromatic rings. The van der Waals surface area contributed by atoms with Crippen LogP contribution in [0.2, 0.25) is 0 Å². The predicted molar refractivity (Wildman–Crippen MR) is 122 cm³/mol. The van der Waals surface area contributed by atoms with Crippen LogP contribution in [0.1, 0.15) is 58.8 Å². The first kappa shape index (κ1) is 21.5. The number of hydrogen-bond donors (Lipinski definition) is 0. The van der Waals surface area contributed by atoms with Crippen molar-refractivity contribution in [3.63, 3.8) is 0 Å². The van der Waals surface area contributed by atoms with Gasteiger partial charge in [0, 0.05) is 30.2 Å². The highest BCUT2D eigenvalue weighted by atomic mass is 32.2. The maximum absolute atomic E-state index is 13.4. The van der Waals surface area contributed by atoms with Crippen LogP contribution in [-0.2, 0) is 5.75 Å². The molecule has 1 aliphatic rings. The Morgan fingerprint density at radius 2 is 1.61 bits per heavy atom. The van der Waals surface area contributed by atoms with Gasteiger partial charge in [-0.3, -0.25) is 4.79 Å². The fraction of sp³-hybridized carbons (Fsp3) is 0.435. The average Bonchev–Trinajstić information content (AvgIpc) is 2.97. The molecule has 1 amide bonds. The van der Waals surface area contributed by atoms with Crippen LogP contribution in [0.4, 0.5) is 0 Å². The highest BCUT2D eigenvalue weighted by molar-refractivity contribution is 7.98. The van der Waals surface area contributed by atoms with Crippen molar-refractivity contribution in [2.45, 2.75) is 57.4 Å². The lowest BCUT2D eigenvalue weighted by atomic mass is 10.2. The van der Waals surface area contributed by atoms with Gasteiger partial charge in [-0.2, -0.15) is 0 Å². The van der Waals surface area contributed by atoms with Gasteiger partial charge in [0.15, 0.2) is 10.9 Å². The lowest BCUT2D eigenvalue weighted by Gasteiger charge is -2.19. The molecule has 0 bridgehead atoms. The van der Waals surface area contributed by atoms with E-state index in [9.17, 15) is 4.79 Å². The molecule has 3 heterocycles. The van der Waals surface area contributed by atoms with Gasteiger partial charge in [0.25, 0.3) is 5.91 Å². The van der Waals surface area contributed by atoms with E-state index < -0.39 is 0 Å². The van der Waals surface area contributed by atoms with E-state index in [2.05, 4.69) is 20.3 Å². The van der Waals surface area contributed by atoms with Crippen LogP contribution in [-0.4, -0.2) is 48.9 Å². The number of aromatic nitrogens is 5. The molecule has 7 nitrogen and oxygen atoms in total. The Bertz CT molecular complexity index is 1030. The molecule has 1 fully saturated rings. The largest absolute Gasteiger partial charge is 0.337 e. The van der Waals surface area contributed by atoms with E-state index >= 15 is 0 Å². The Morgan fingerprint density at radius 1 is 0.968 bits per heavy atom. The molecule has 1 aromatic carbocycles. The standard InChI is InChI=1S/C23H28N6OS/c1-16-8-10-19(11-9-16)29-20(15-31-23-24-17(2)14-18(3)25-23)21(26-27-29)22(30)28-12-6-4-5-7-13-28/h8-11,14H,4-7,12-13,15H2,1-3H3. The summed E-state index contributed by atoms with van der Waals surface area (Å²) in [5.41, 5.74) is 5.14. The van der Waals surface area contributed by atoms with Crippen molar-refractivity contribution in [3.8, 4) is 5.69 Å². The van der Waals surface area contributed by atoms with Gasteiger partial charge in [0.05, 0.1) is 11.4 Å². The highest BCUT2D eigenvalue weighted by Gasteiger charge is 2.26. The van der Waals surface area contributed by atoms with E-state index in [1.165, 1.54) is 30.2 Å². The zero-order valence-electron chi connectivity index (χ0n) is 18.3.